The molecule has 5 nitrogen and oxygen atoms in total. The van der Waals surface area contributed by atoms with Crippen LogP contribution >= 0.6 is 0 Å². The van der Waals surface area contributed by atoms with Gasteiger partial charge in [0.25, 0.3) is 0 Å². The van der Waals surface area contributed by atoms with Crippen LogP contribution in [0.5, 0.6) is 0 Å². The first-order valence-corrected chi connectivity index (χ1v) is 6.41. The summed E-state index contributed by atoms with van der Waals surface area (Å²) in [6.45, 7) is 7.52. The van der Waals surface area contributed by atoms with Gasteiger partial charge in [0, 0.05) is 46.0 Å². The topological polar surface area (TPSA) is 50.3 Å². The molecule has 0 saturated carbocycles. The first-order chi connectivity index (χ1) is 8.28. The first-order valence-electron chi connectivity index (χ1n) is 6.41. The molecule has 2 N–H and O–H groups in total. The Bertz CT molecular complexity index is 327. The van der Waals surface area contributed by atoms with Crippen molar-refractivity contribution in [2.45, 2.75) is 13.0 Å². The Kier molecular flexibility index (Phi) is 4.53. The van der Waals surface area contributed by atoms with Gasteiger partial charge in [0.05, 0.1) is 5.69 Å². The van der Waals surface area contributed by atoms with Gasteiger partial charge in [-0.25, -0.2) is 0 Å². The van der Waals surface area contributed by atoms with Crippen LogP contribution < -0.4 is 5.73 Å². The number of hydrogen-bond acceptors (Lipinski definition) is 4. The van der Waals surface area contributed by atoms with Gasteiger partial charge >= 0.3 is 0 Å². The van der Waals surface area contributed by atoms with Gasteiger partial charge in [-0.2, -0.15) is 5.10 Å². The fourth-order valence-corrected chi connectivity index (χ4v) is 2.26. The van der Waals surface area contributed by atoms with Crippen LogP contribution in [0.2, 0.25) is 0 Å². The van der Waals surface area contributed by atoms with Crippen molar-refractivity contribution in [2.75, 3.05) is 39.3 Å². The van der Waals surface area contributed by atoms with Gasteiger partial charge in [0.1, 0.15) is 0 Å². The smallest absolute Gasteiger partial charge is 0.0764 e. The van der Waals surface area contributed by atoms with Crippen LogP contribution in [-0.4, -0.2) is 58.8 Å². The van der Waals surface area contributed by atoms with Crippen molar-refractivity contribution in [1.29, 1.82) is 0 Å². The Morgan fingerprint density at radius 2 is 1.94 bits per heavy atom. The number of aryl methyl sites for hydroxylation is 1. The second-order valence-electron chi connectivity index (χ2n) is 4.74. The van der Waals surface area contributed by atoms with Gasteiger partial charge in [-0.1, -0.05) is 0 Å². The number of nitrogens with two attached hydrogens (primary N) is 1. The maximum Gasteiger partial charge on any atom is 0.0764 e. The van der Waals surface area contributed by atoms with Crippen molar-refractivity contribution in [3.05, 3.63) is 18.0 Å². The Labute approximate surface area is 103 Å². The minimum atomic E-state index is 0.800. The molecule has 0 radical (unpaired) electrons. The summed E-state index contributed by atoms with van der Waals surface area (Å²) in [5.74, 6) is 0. The average molecular weight is 237 g/mol. The molecule has 1 aliphatic heterocycles. The van der Waals surface area contributed by atoms with E-state index in [1.165, 1.54) is 5.69 Å². The summed E-state index contributed by atoms with van der Waals surface area (Å²) < 4.78 is 1.87. The third kappa shape index (κ3) is 3.80. The zero-order valence-electron chi connectivity index (χ0n) is 10.7. The molecule has 1 aliphatic rings. The molecule has 1 fully saturated rings. The van der Waals surface area contributed by atoms with E-state index < -0.39 is 0 Å². The predicted octanol–water partition coefficient (Wildman–Crippen LogP) is -0.113. The van der Waals surface area contributed by atoms with Crippen molar-refractivity contribution in [2.24, 2.45) is 12.8 Å². The molecule has 1 aromatic heterocycles. The molecule has 5 heteroatoms. The Morgan fingerprint density at radius 3 is 2.53 bits per heavy atom. The molecule has 0 unspecified atom stereocenters. The Hall–Kier alpha value is -0.910. The molecule has 1 saturated heterocycles. The lowest BCUT2D eigenvalue weighted by Crippen LogP contribution is -2.46. The van der Waals surface area contributed by atoms with Gasteiger partial charge in [-0.3, -0.25) is 9.58 Å². The third-order valence-electron chi connectivity index (χ3n) is 3.30. The van der Waals surface area contributed by atoms with Gasteiger partial charge in [0.2, 0.25) is 0 Å². The van der Waals surface area contributed by atoms with Crippen LogP contribution in [0.25, 0.3) is 0 Å². The van der Waals surface area contributed by atoms with Crippen molar-refractivity contribution in [1.82, 2.24) is 19.6 Å². The standard InChI is InChI=1S/C12H23N5/c1-15-6-3-12(14-15)11-17-9-7-16(8-10-17)5-2-4-13/h3,6H,2,4-5,7-11,13H2,1H3. The zero-order chi connectivity index (χ0) is 12.1. The summed E-state index contributed by atoms with van der Waals surface area (Å²) in [5.41, 5.74) is 6.70. The molecule has 0 atom stereocenters. The van der Waals surface area contributed by atoms with Gasteiger partial charge < -0.3 is 10.6 Å². The zero-order valence-corrected chi connectivity index (χ0v) is 10.7. The molecule has 0 spiro atoms. The van der Waals surface area contributed by atoms with E-state index >= 15 is 0 Å². The van der Waals surface area contributed by atoms with Crippen LogP contribution in [0.1, 0.15) is 12.1 Å². The molecule has 0 aliphatic carbocycles. The molecule has 0 aromatic carbocycles. The summed E-state index contributed by atoms with van der Waals surface area (Å²) in [6, 6.07) is 2.10. The summed E-state index contributed by atoms with van der Waals surface area (Å²) in [4.78, 5) is 4.98. The Morgan fingerprint density at radius 1 is 1.24 bits per heavy atom. The largest absolute Gasteiger partial charge is 0.330 e. The van der Waals surface area contributed by atoms with E-state index in [1.54, 1.807) is 0 Å². The molecule has 96 valence electrons. The van der Waals surface area contributed by atoms with E-state index in [2.05, 4.69) is 21.0 Å². The van der Waals surface area contributed by atoms with Crippen LogP contribution in [0.3, 0.4) is 0 Å². The van der Waals surface area contributed by atoms with Crippen LogP contribution in [0.4, 0.5) is 0 Å². The minimum Gasteiger partial charge on any atom is -0.330 e. The van der Waals surface area contributed by atoms with Crippen molar-refractivity contribution < 1.29 is 0 Å². The predicted molar refractivity (Wildman–Crippen MR) is 68.6 cm³/mol. The lowest BCUT2D eigenvalue weighted by atomic mass is 10.2. The summed E-state index contributed by atoms with van der Waals surface area (Å²) in [5, 5.41) is 4.42. The maximum atomic E-state index is 5.53. The lowest BCUT2D eigenvalue weighted by Gasteiger charge is -2.34. The van der Waals surface area contributed by atoms with E-state index in [1.807, 2.05) is 17.9 Å². The van der Waals surface area contributed by atoms with Gasteiger partial charge in [-0.15, -0.1) is 0 Å². The van der Waals surface area contributed by atoms with Crippen LogP contribution in [0, 0.1) is 0 Å². The van der Waals surface area contributed by atoms with Gasteiger partial charge in [-0.05, 0) is 25.6 Å². The number of aromatic nitrogens is 2. The van der Waals surface area contributed by atoms with E-state index in [0.29, 0.717) is 0 Å². The van der Waals surface area contributed by atoms with Crippen LogP contribution in [-0.2, 0) is 13.6 Å². The molecular weight excluding hydrogens is 214 g/mol. The van der Waals surface area contributed by atoms with E-state index in [-0.39, 0.29) is 0 Å². The number of rotatable bonds is 5. The van der Waals surface area contributed by atoms with Crippen molar-refractivity contribution in [3.63, 3.8) is 0 Å². The monoisotopic (exact) mass is 237 g/mol. The molecular formula is C12H23N5. The second-order valence-corrected chi connectivity index (χ2v) is 4.74. The summed E-state index contributed by atoms with van der Waals surface area (Å²) in [7, 11) is 1.97. The SMILES string of the molecule is Cn1ccc(CN2CCN(CCCN)CC2)n1. The highest BCUT2D eigenvalue weighted by molar-refractivity contribution is 4.98. The molecule has 1 aromatic rings. The van der Waals surface area contributed by atoms with E-state index in [9.17, 15) is 0 Å². The first kappa shape index (κ1) is 12.5. The summed E-state index contributed by atoms with van der Waals surface area (Å²) in [6.07, 6.45) is 3.12. The maximum absolute atomic E-state index is 5.53. The molecule has 2 rings (SSSR count). The highest BCUT2D eigenvalue weighted by Crippen LogP contribution is 2.06. The normalized spacial score (nSPS) is 18.7. The molecule has 0 amide bonds. The third-order valence-corrected chi connectivity index (χ3v) is 3.30. The summed E-state index contributed by atoms with van der Waals surface area (Å²) >= 11 is 0. The molecule has 0 bridgehead atoms. The van der Waals surface area contributed by atoms with E-state index in [4.69, 9.17) is 5.73 Å². The second kappa shape index (κ2) is 6.14. The van der Waals surface area contributed by atoms with Crippen LogP contribution in [0.15, 0.2) is 12.3 Å². The van der Waals surface area contributed by atoms with E-state index in [0.717, 1.165) is 52.2 Å². The lowest BCUT2D eigenvalue weighted by molar-refractivity contribution is 0.125. The van der Waals surface area contributed by atoms with Crippen molar-refractivity contribution >= 4 is 0 Å². The molecule has 17 heavy (non-hydrogen) atoms. The van der Waals surface area contributed by atoms with Gasteiger partial charge in [0.15, 0.2) is 0 Å². The molecule has 2 heterocycles. The van der Waals surface area contributed by atoms with Crippen molar-refractivity contribution in [3.8, 4) is 0 Å². The average Bonchev–Trinajstić information content (AvgIpc) is 2.74. The quantitative estimate of drug-likeness (QED) is 0.776. The fourth-order valence-electron chi connectivity index (χ4n) is 2.26. The highest BCUT2D eigenvalue weighted by atomic mass is 15.3. The number of hydrogen-bond donors (Lipinski definition) is 1. The minimum absolute atomic E-state index is 0.800. The number of piperazine rings is 1. The highest BCUT2D eigenvalue weighted by Gasteiger charge is 2.16. The Balaban J connectivity index is 1.72. The number of nitrogens with zero attached hydrogens (tertiary/aromatic N) is 4. The fraction of sp³-hybridized carbons (Fsp3) is 0.750.